The van der Waals surface area contributed by atoms with E-state index in [0.717, 1.165) is 12.1 Å². The van der Waals surface area contributed by atoms with Crippen LogP contribution in [0.2, 0.25) is 0 Å². The first kappa shape index (κ1) is 14.1. The number of rotatable bonds is 9. The Kier molecular flexibility index (Phi) is 7.51. The van der Waals surface area contributed by atoms with E-state index in [1.807, 2.05) is 0 Å². The Hall–Kier alpha value is -1.00. The molecule has 17 heavy (non-hydrogen) atoms. The van der Waals surface area contributed by atoms with Gasteiger partial charge in [0, 0.05) is 12.4 Å². The summed E-state index contributed by atoms with van der Waals surface area (Å²) in [4.78, 5) is 8.34. The van der Waals surface area contributed by atoms with Gasteiger partial charge in [-0.15, -0.1) is 0 Å². The monoisotopic (exact) mass is 236 g/mol. The molecule has 4 heteroatoms. The third-order valence-corrected chi connectivity index (χ3v) is 2.99. The maximum Gasteiger partial charge on any atom is 0.0769 e. The minimum Gasteiger partial charge on any atom is -0.271 e. The standard InChI is InChI=1S/C13H24N4/c1-2-3-4-5-6-7-8-12(17-14)13-11-15-9-10-16-13/h9-12,17H,2-8,14H2,1H3. The average Bonchev–Trinajstić information content (AvgIpc) is 2.39. The number of hydrogen-bond donors (Lipinski definition) is 2. The molecule has 0 aromatic carbocycles. The molecule has 1 unspecified atom stereocenters. The summed E-state index contributed by atoms with van der Waals surface area (Å²) in [5.74, 6) is 5.55. The quantitative estimate of drug-likeness (QED) is 0.393. The van der Waals surface area contributed by atoms with Crippen LogP contribution in [-0.4, -0.2) is 9.97 Å². The molecule has 0 amide bonds. The average molecular weight is 236 g/mol. The van der Waals surface area contributed by atoms with Crippen LogP contribution in [0.1, 0.15) is 63.6 Å². The molecule has 1 atom stereocenters. The Morgan fingerprint density at radius 1 is 1.18 bits per heavy atom. The van der Waals surface area contributed by atoms with Gasteiger partial charge in [-0.1, -0.05) is 45.4 Å². The second kappa shape index (κ2) is 9.07. The molecule has 0 aliphatic carbocycles. The summed E-state index contributed by atoms with van der Waals surface area (Å²) >= 11 is 0. The molecule has 0 spiro atoms. The van der Waals surface area contributed by atoms with E-state index in [9.17, 15) is 0 Å². The minimum absolute atomic E-state index is 0.134. The lowest BCUT2D eigenvalue weighted by Gasteiger charge is -2.14. The van der Waals surface area contributed by atoms with Crippen LogP contribution in [-0.2, 0) is 0 Å². The van der Waals surface area contributed by atoms with E-state index in [1.165, 1.54) is 38.5 Å². The van der Waals surface area contributed by atoms with Crippen molar-refractivity contribution in [2.75, 3.05) is 0 Å². The Bertz CT molecular complexity index is 276. The third kappa shape index (κ3) is 5.75. The normalized spacial score (nSPS) is 12.6. The second-order valence-corrected chi connectivity index (χ2v) is 4.41. The van der Waals surface area contributed by atoms with Gasteiger partial charge in [0.25, 0.3) is 0 Å². The molecule has 1 aromatic rings. The van der Waals surface area contributed by atoms with E-state index < -0.39 is 0 Å². The molecule has 1 aromatic heterocycles. The Morgan fingerprint density at radius 3 is 2.59 bits per heavy atom. The van der Waals surface area contributed by atoms with Gasteiger partial charge < -0.3 is 0 Å². The maximum atomic E-state index is 5.55. The predicted octanol–water partition coefficient (Wildman–Crippen LogP) is 2.73. The summed E-state index contributed by atoms with van der Waals surface area (Å²) in [6.45, 7) is 2.24. The molecule has 0 aliphatic rings. The van der Waals surface area contributed by atoms with E-state index in [-0.39, 0.29) is 6.04 Å². The van der Waals surface area contributed by atoms with Crippen molar-refractivity contribution in [3.8, 4) is 0 Å². The van der Waals surface area contributed by atoms with Crippen LogP contribution >= 0.6 is 0 Å². The van der Waals surface area contributed by atoms with Gasteiger partial charge in [-0.05, 0) is 6.42 Å². The van der Waals surface area contributed by atoms with Gasteiger partial charge in [-0.2, -0.15) is 0 Å². The van der Waals surface area contributed by atoms with Gasteiger partial charge in [0.15, 0.2) is 0 Å². The number of hydrogen-bond acceptors (Lipinski definition) is 4. The number of aromatic nitrogens is 2. The highest BCUT2D eigenvalue weighted by molar-refractivity contribution is 5.01. The third-order valence-electron chi connectivity index (χ3n) is 2.99. The maximum absolute atomic E-state index is 5.55. The first-order valence-electron chi connectivity index (χ1n) is 6.60. The smallest absolute Gasteiger partial charge is 0.0769 e. The molecular formula is C13H24N4. The summed E-state index contributed by atoms with van der Waals surface area (Å²) < 4.78 is 0. The van der Waals surface area contributed by atoms with Gasteiger partial charge in [0.1, 0.15) is 0 Å². The molecule has 1 heterocycles. The fourth-order valence-electron chi connectivity index (χ4n) is 1.94. The van der Waals surface area contributed by atoms with Crippen molar-refractivity contribution in [3.63, 3.8) is 0 Å². The van der Waals surface area contributed by atoms with E-state index in [4.69, 9.17) is 5.84 Å². The van der Waals surface area contributed by atoms with Gasteiger partial charge in [0.05, 0.1) is 17.9 Å². The highest BCUT2D eigenvalue weighted by Crippen LogP contribution is 2.17. The first-order chi connectivity index (χ1) is 8.38. The van der Waals surface area contributed by atoms with Gasteiger partial charge in [-0.3, -0.25) is 21.2 Å². The van der Waals surface area contributed by atoms with Gasteiger partial charge >= 0.3 is 0 Å². The van der Waals surface area contributed by atoms with Crippen LogP contribution < -0.4 is 11.3 Å². The summed E-state index contributed by atoms with van der Waals surface area (Å²) in [6.07, 6.45) is 14.0. The summed E-state index contributed by atoms with van der Waals surface area (Å²) in [5.41, 5.74) is 3.75. The fourth-order valence-corrected chi connectivity index (χ4v) is 1.94. The highest BCUT2D eigenvalue weighted by atomic mass is 15.2. The SMILES string of the molecule is CCCCCCCCC(NN)c1cnccn1. The number of hydrazine groups is 1. The summed E-state index contributed by atoms with van der Waals surface area (Å²) in [7, 11) is 0. The number of nitrogens with zero attached hydrogens (tertiary/aromatic N) is 2. The van der Waals surface area contributed by atoms with E-state index >= 15 is 0 Å². The van der Waals surface area contributed by atoms with Crippen LogP contribution in [0.15, 0.2) is 18.6 Å². The van der Waals surface area contributed by atoms with Crippen LogP contribution in [0.3, 0.4) is 0 Å². The molecule has 0 fully saturated rings. The van der Waals surface area contributed by atoms with Crippen molar-refractivity contribution in [1.29, 1.82) is 0 Å². The molecule has 0 aliphatic heterocycles. The molecule has 0 radical (unpaired) electrons. The van der Waals surface area contributed by atoms with E-state index in [0.29, 0.717) is 0 Å². The van der Waals surface area contributed by atoms with Crippen molar-refractivity contribution < 1.29 is 0 Å². The zero-order chi connectivity index (χ0) is 12.3. The molecule has 1 rings (SSSR count). The van der Waals surface area contributed by atoms with Crippen LogP contribution in [0.5, 0.6) is 0 Å². The Labute approximate surface area is 104 Å². The van der Waals surface area contributed by atoms with Crippen LogP contribution in [0, 0.1) is 0 Å². The van der Waals surface area contributed by atoms with Gasteiger partial charge in [0.2, 0.25) is 0 Å². The lowest BCUT2D eigenvalue weighted by Crippen LogP contribution is -2.28. The molecule has 4 nitrogen and oxygen atoms in total. The predicted molar refractivity (Wildman–Crippen MR) is 70.1 cm³/mol. The number of nitrogens with one attached hydrogen (secondary N) is 1. The van der Waals surface area contributed by atoms with Gasteiger partial charge in [-0.25, -0.2) is 0 Å². The van der Waals surface area contributed by atoms with Crippen molar-refractivity contribution in [2.24, 2.45) is 5.84 Å². The molecule has 0 saturated heterocycles. The molecule has 3 N–H and O–H groups in total. The molecule has 0 saturated carbocycles. The summed E-state index contributed by atoms with van der Waals surface area (Å²) in [5, 5.41) is 0. The topological polar surface area (TPSA) is 63.8 Å². The number of nitrogens with two attached hydrogens (primary N) is 1. The first-order valence-corrected chi connectivity index (χ1v) is 6.60. The zero-order valence-corrected chi connectivity index (χ0v) is 10.7. The molecular weight excluding hydrogens is 212 g/mol. The van der Waals surface area contributed by atoms with Crippen LogP contribution in [0.4, 0.5) is 0 Å². The largest absolute Gasteiger partial charge is 0.271 e. The Balaban J connectivity index is 2.20. The highest BCUT2D eigenvalue weighted by Gasteiger charge is 2.10. The van der Waals surface area contributed by atoms with Crippen LogP contribution in [0.25, 0.3) is 0 Å². The zero-order valence-electron chi connectivity index (χ0n) is 10.7. The van der Waals surface area contributed by atoms with E-state index in [1.54, 1.807) is 18.6 Å². The second-order valence-electron chi connectivity index (χ2n) is 4.41. The summed E-state index contributed by atoms with van der Waals surface area (Å²) in [6, 6.07) is 0.134. The molecule has 0 bridgehead atoms. The fraction of sp³-hybridized carbons (Fsp3) is 0.692. The number of unbranched alkanes of at least 4 members (excludes halogenated alkanes) is 5. The van der Waals surface area contributed by atoms with Crippen molar-refractivity contribution in [2.45, 2.75) is 57.9 Å². The Morgan fingerprint density at radius 2 is 1.94 bits per heavy atom. The lowest BCUT2D eigenvalue weighted by atomic mass is 10.0. The minimum atomic E-state index is 0.134. The van der Waals surface area contributed by atoms with Crippen molar-refractivity contribution in [3.05, 3.63) is 24.3 Å². The molecule has 96 valence electrons. The van der Waals surface area contributed by atoms with Crippen molar-refractivity contribution in [1.82, 2.24) is 15.4 Å². The van der Waals surface area contributed by atoms with E-state index in [2.05, 4.69) is 22.3 Å². The lowest BCUT2D eigenvalue weighted by molar-refractivity contribution is 0.467. The van der Waals surface area contributed by atoms with Crippen molar-refractivity contribution >= 4 is 0 Å².